The molecule has 0 saturated heterocycles. The maximum atomic E-state index is 6.21. The highest BCUT2D eigenvalue weighted by atomic mass is 32.1. The Balaban J connectivity index is 1.06. The number of para-hydroxylation sites is 1. The fraction of sp³-hybridized carbons (Fsp3) is 0. The molecule has 3 aromatic heterocycles. The quantitative estimate of drug-likeness (QED) is 0.185. The molecule has 0 saturated carbocycles. The molecule has 11 aromatic rings. The predicted molar refractivity (Wildman–Crippen MR) is 217 cm³/mol. The van der Waals surface area contributed by atoms with Crippen LogP contribution < -0.4 is 4.90 Å². The van der Waals surface area contributed by atoms with Crippen LogP contribution in [0.4, 0.5) is 17.1 Å². The van der Waals surface area contributed by atoms with Crippen molar-refractivity contribution in [3.8, 4) is 11.1 Å². The fourth-order valence-electron chi connectivity index (χ4n) is 7.68. The molecular formula is C46H27NOS2. The Kier molecular flexibility index (Phi) is 6.03. The van der Waals surface area contributed by atoms with Crippen LogP contribution in [-0.4, -0.2) is 0 Å². The Bertz CT molecular complexity index is 3110. The van der Waals surface area contributed by atoms with Gasteiger partial charge in [0, 0.05) is 68.2 Å². The van der Waals surface area contributed by atoms with Gasteiger partial charge < -0.3 is 9.32 Å². The molecule has 0 N–H and O–H groups in total. The largest absolute Gasteiger partial charge is 0.456 e. The first-order valence-corrected chi connectivity index (χ1v) is 18.5. The van der Waals surface area contributed by atoms with E-state index >= 15 is 0 Å². The van der Waals surface area contributed by atoms with Crippen molar-refractivity contribution in [3.63, 3.8) is 0 Å². The van der Waals surface area contributed by atoms with E-state index < -0.39 is 0 Å². The topological polar surface area (TPSA) is 16.4 Å². The summed E-state index contributed by atoms with van der Waals surface area (Å²) in [5.41, 5.74) is 7.54. The van der Waals surface area contributed by atoms with Gasteiger partial charge in [-0.3, -0.25) is 0 Å². The van der Waals surface area contributed by atoms with E-state index in [0.717, 1.165) is 39.0 Å². The Hall–Kier alpha value is -5.94. The monoisotopic (exact) mass is 673 g/mol. The third kappa shape index (κ3) is 4.26. The number of hydrogen-bond donors (Lipinski definition) is 0. The molecular weight excluding hydrogens is 647 g/mol. The van der Waals surface area contributed by atoms with Gasteiger partial charge in [-0.05, 0) is 94.7 Å². The average molecular weight is 674 g/mol. The summed E-state index contributed by atoms with van der Waals surface area (Å²) in [6, 6.07) is 59.6. The Morgan fingerprint density at radius 2 is 0.980 bits per heavy atom. The van der Waals surface area contributed by atoms with E-state index in [2.05, 4.69) is 157 Å². The fourth-order valence-corrected chi connectivity index (χ4v) is 9.94. The molecule has 0 atom stereocenters. The van der Waals surface area contributed by atoms with Crippen LogP contribution in [0.5, 0.6) is 0 Å². The summed E-state index contributed by atoms with van der Waals surface area (Å²) in [6.45, 7) is 0. The molecule has 2 nitrogen and oxygen atoms in total. The third-order valence-electron chi connectivity index (χ3n) is 10.1. The summed E-state index contributed by atoms with van der Waals surface area (Å²) in [6.07, 6.45) is 0. The van der Waals surface area contributed by atoms with E-state index in [9.17, 15) is 0 Å². The highest BCUT2D eigenvalue weighted by Crippen LogP contribution is 2.43. The summed E-state index contributed by atoms with van der Waals surface area (Å²) in [7, 11) is 0. The van der Waals surface area contributed by atoms with E-state index in [-0.39, 0.29) is 0 Å². The van der Waals surface area contributed by atoms with E-state index in [1.54, 1.807) is 0 Å². The number of fused-ring (bicyclic) bond motifs is 11. The lowest BCUT2D eigenvalue weighted by atomic mass is 9.98. The SMILES string of the molecule is c1ccc2c(c1)oc1ccc(N(c3ccc(-c4ccc5ccc6sc7ccccc7c6c5c4)cc3)c3ccc4c(c3)sc3ccccc34)cc12. The van der Waals surface area contributed by atoms with Gasteiger partial charge in [-0.15, -0.1) is 22.7 Å². The van der Waals surface area contributed by atoms with Gasteiger partial charge in [-0.1, -0.05) is 91.0 Å². The minimum Gasteiger partial charge on any atom is -0.456 e. The molecule has 0 aliphatic carbocycles. The van der Waals surface area contributed by atoms with Crippen molar-refractivity contribution in [1.82, 2.24) is 0 Å². The molecule has 0 radical (unpaired) electrons. The maximum Gasteiger partial charge on any atom is 0.135 e. The third-order valence-corrected chi connectivity index (χ3v) is 12.3. The van der Waals surface area contributed by atoms with Crippen molar-refractivity contribution in [2.24, 2.45) is 0 Å². The van der Waals surface area contributed by atoms with Gasteiger partial charge in [0.25, 0.3) is 0 Å². The minimum atomic E-state index is 0.897. The van der Waals surface area contributed by atoms with Crippen LogP contribution in [0, 0.1) is 0 Å². The lowest BCUT2D eigenvalue weighted by Gasteiger charge is -2.26. The maximum absolute atomic E-state index is 6.21. The Labute approximate surface area is 295 Å². The van der Waals surface area contributed by atoms with Crippen molar-refractivity contribution in [2.45, 2.75) is 0 Å². The van der Waals surface area contributed by atoms with Crippen molar-refractivity contribution in [1.29, 1.82) is 0 Å². The van der Waals surface area contributed by atoms with Crippen LogP contribution in [0.25, 0.3) is 84.2 Å². The average Bonchev–Trinajstić information content (AvgIpc) is 3.86. The second-order valence-corrected chi connectivity index (χ2v) is 15.1. The van der Waals surface area contributed by atoms with Crippen LogP contribution in [0.3, 0.4) is 0 Å². The summed E-state index contributed by atoms with van der Waals surface area (Å²) in [5, 5.41) is 10.1. The van der Waals surface area contributed by atoms with Crippen LogP contribution >= 0.6 is 22.7 Å². The molecule has 3 heterocycles. The smallest absolute Gasteiger partial charge is 0.135 e. The number of hydrogen-bond acceptors (Lipinski definition) is 4. The number of rotatable bonds is 4. The number of furan rings is 1. The van der Waals surface area contributed by atoms with E-state index in [4.69, 9.17) is 4.42 Å². The van der Waals surface area contributed by atoms with Gasteiger partial charge in [0.1, 0.15) is 11.2 Å². The number of anilines is 3. The highest BCUT2D eigenvalue weighted by molar-refractivity contribution is 7.26. The summed E-state index contributed by atoms with van der Waals surface area (Å²) in [5.74, 6) is 0. The Morgan fingerprint density at radius 3 is 1.86 bits per heavy atom. The standard InChI is InChI=1S/C46H27NOS2/c1-4-10-40-34(7-1)39-26-32(21-23-41(39)48-40)47(33-20-22-36-35-8-2-5-11-42(35)50-45(36)27-33)31-18-15-28(16-19-31)30-14-13-29-17-24-44-46(38(29)25-30)37-9-3-6-12-43(37)49-44/h1-27H. The van der Waals surface area contributed by atoms with Gasteiger partial charge in [-0.2, -0.15) is 0 Å². The zero-order valence-corrected chi connectivity index (χ0v) is 28.4. The lowest BCUT2D eigenvalue weighted by Crippen LogP contribution is -2.09. The molecule has 0 aliphatic rings. The van der Waals surface area contributed by atoms with E-state index in [1.165, 1.54) is 62.2 Å². The second kappa shape index (κ2) is 10.8. The first-order chi connectivity index (χ1) is 24.7. The molecule has 4 heteroatoms. The van der Waals surface area contributed by atoms with Gasteiger partial charge in [0.15, 0.2) is 0 Å². The number of benzene rings is 8. The van der Waals surface area contributed by atoms with Gasteiger partial charge in [-0.25, -0.2) is 0 Å². The first kappa shape index (κ1) is 28.0. The second-order valence-electron chi connectivity index (χ2n) is 12.9. The normalized spacial score (nSPS) is 12.0. The van der Waals surface area contributed by atoms with Crippen LogP contribution in [0.1, 0.15) is 0 Å². The van der Waals surface area contributed by atoms with Crippen LogP contribution in [0.15, 0.2) is 168 Å². The molecule has 0 unspecified atom stereocenters. The number of thiophene rings is 2. The summed E-state index contributed by atoms with van der Waals surface area (Å²) < 4.78 is 11.5. The number of nitrogens with zero attached hydrogens (tertiary/aromatic N) is 1. The Morgan fingerprint density at radius 1 is 0.360 bits per heavy atom. The lowest BCUT2D eigenvalue weighted by molar-refractivity contribution is 0.669. The predicted octanol–water partition coefficient (Wildman–Crippen LogP) is 14.6. The van der Waals surface area contributed by atoms with E-state index in [0.29, 0.717) is 0 Å². The van der Waals surface area contributed by atoms with Crippen LogP contribution in [-0.2, 0) is 0 Å². The van der Waals surface area contributed by atoms with Gasteiger partial charge in [0.05, 0.1) is 0 Å². The molecule has 50 heavy (non-hydrogen) atoms. The molecule has 0 amide bonds. The molecule has 11 rings (SSSR count). The van der Waals surface area contributed by atoms with Crippen molar-refractivity contribution >= 4 is 113 Å². The minimum absolute atomic E-state index is 0.897. The zero-order valence-electron chi connectivity index (χ0n) is 26.8. The molecule has 8 aromatic carbocycles. The molecule has 0 bridgehead atoms. The van der Waals surface area contributed by atoms with Crippen LogP contribution in [0.2, 0.25) is 0 Å². The first-order valence-electron chi connectivity index (χ1n) is 16.8. The van der Waals surface area contributed by atoms with Crippen molar-refractivity contribution in [2.75, 3.05) is 4.90 Å². The van der Waals surface area contributed by atoms with Crippen molar-refractivity contribution in [3.05, 3.63) is 164 Å². The molecule has 0 spiro atoms. The van der Waals surface area contributed by atoms with Crippen molar-refractivity contribution < 1.29 is 4.42 Å². The molecule has 0 aliphatic heterocycles. The highest BCUT2D eigenvalue weighted by Gasteiger charge is 2.18. The zero-order chi connectivity index (χ0) is 32.8. The molecule has 234 valence electrons. The van der Waals surface area contributed by atoms with Gasteiger partial charge >= 0.3 is 0 Å². The summed E-state index contributed by atoms with van der Waals surface area (Å²) >= 11 is 3.72. The summed E-state index contributed by atoms with van der Waals surface area (Å²) in [4.78, 5) is 2.37. The molecule has 0 fully saturated rings. The van der Waals surface area contributed by atoms with Gasteiger partial charge in [0.2, 0.25) is 0 Å². The van der Waals surface area contributed by atoms with E-state index in [1.807, 2.05) is 34.8 Å².